The van der Waals surface area contributed by atoms with Crippen molar-refractivity contribution in [3.8, 4) is 0 Å². The van der Waals surface area contributed by atoms with E-state index in [1.54, 1.807) is 18.2 Å². The largest absolute Gasteiger partial charge is 0.452 e. The van der Waals surface area contributed by atoms with Crippen LogP contribution in [0.15, 0.2) is 48.5 Å². The molecule has 0 saturated heterocycles. The molecule has 0 spiro atoms. The summed E-state index contributed by atoms with van der Waals surface area (Å²) >= 11 is 5.75. The zero-order chi connectivity index (χ0) is 15.2. The number of carbonyl (C=O) groups is 2. The fourth-order valence-corrected chi connectivity index (χ4v) is 1.77. The van der Waals surface area contributed by atoms with Gasteiger partial charge in [-0.2, -0.15) is 0 Å². The number of halogens is 2. The van der Waals surface area contributed by atoms with Crippen LogP contribution in [0.1, 0.15) is 10.4 Å². The molecule has 0 atom stereocenters. The lowest BCUT2D eigenvalue weighted by atomic mass is 10.2. The zero-order valence-electron chi connectivity index (χ0n) is 10.8. The lowest BCUT2D eigenvalue weighted by molar-refractivity contribution is -0.119. The Labute approximate surface area is 125 Å². The van der Waals surface area contributed by atoms with Gasteiger partial charge in [-0.05, 0) is 30.3 Å². The molecule has 0 aromatic heterocycles. The van der Waals surface area contributed by atoms with Gasteiger partial charge in [-0.3, -0.25) is 4.79 Å². The van der Waals surface area contributed by atoms with Gasteiger partial charge in [-0.15, -0.1) is 0 Å². The lowest BCUT2D eigenvalue weighted by Gasteiger charge is -2.07. The summed E-state index contributed by atoms with van der Waals surface area (Å²) in [6, 6.07) is 11.9. The Morgan fingerprint density at radius 1 is 1.14 bits per heavy atom. The molecule has 108 valence electrons. The van der Waals surface area contributed by atoms with Crippen LogP contribution < -0.4 is 5.32 Å². The van der Waals surface area contributed by atoms with Gasteiger partial charge in [-0.25, -0.2) is 9.18 Å². The third-order valence-corrected chi connectivity index (χ3v) is 2.78. The number of benzene rings is 2. The van der Waals surface area contributed by atoms with Gasteiger partial charge < -0.3 is 10.1 Å². The predicted molar refractivity (Wildman–Crippen MR) is 76.8 cm³/mol. The van der Waals surface area contributed by atoms with E-state index in [0.29, 0.717) is 5.02 Å². The maximum Gasteiger partial charge on any atom is 0.338 e. The third kappa shape index (κ3) is 4.29. The molecule has 0 bridgehead atoms. The van der Waals surface area contributed by atoms with E-state index in [1.165, 1.54) is 30.3 Å². The molecule has 0 saturated carbocycles. The lowest BCUT2D eigenvalue weighted by Crippen LogP contribution is -2.21. The highest BCUT2D eigenvalue weighted by Gasteiger charge is 2.11. The maximum atomic E-state index is 13.3. The van der Waals surface area contributed by atoms with E-state index in [4.69, 9.17) is 16.3 Å². The fraction of sp³-hybridized carbons (Fsp3) is 0.0667. The SMILES string of the molecule is O=C(COC(=O)c1cccc(Cl)c1)Nc1ccccc1F. The average molecular weight is 308 g/mol. The highest BCUT2D eigenvalue weighted by atomic mass is 35.5. The van der Waals surface area contributed by atoms with Crippen LogP contribution in [0.5, 0.6) is 0 Å². The molecule has 0 aliphatic heterocycles. The van der Waals surface area contributed by atoms with Crippen molar-refractivity contribution in [3.05, 3.63) is 64.9 Å². The maximum absolute atomic E-state index is 13.3. The smallest absolute Gasteiger partial charge is 0.338 e. The quantitative estimate of drug-likeness (QED) is 0.882. The summed E-state index contributed by atoms with van der Waals surface area (Å²) in [4.78, 5) is 23.3. The molecule has 0 aliphatic rings. The van der Waals surface area contributed by atoms with Crippen molar-refractivity contribution in [1.82, 2.24) is 0 Å². The Bertz CT molecular complexity index is 675. The summed E-state index contributed by atoms with van der Waals surface area (Å²) in [7, 11) is 0. The second-order valence-corrected chi connectivity index (χ2v) is 4.55. The van der Waals surface area contributed by atoms with Crippen LogP contribution in [-0.2, 0) is 9.53 Å². The van der Waals surface area contributed by atoms with E-state index in [0.717, 1.165) is 0 Å². The normalized spacial score (nSPS) is 10.0. The Kier molecular flexibility index (Phi) is 4.90. The minimum Gasteiger partial charge on any atom is -0.452 e. The summed E-state index contributed by atoms with van der Waals surface area (Å²) in [5.74, 6) is -1.87. The monoisotopic (exact) mass is 307 g/mol. The number of rotatable bonds is 4. The molecule has 0 radical (unpaired) electrons. The molecule has 1 N–H and O–H groups in total. The Balaban J connectivity index is 1.90. The topological polar surface area (TPSA) is 55.4 Å². The van der Waals surface area contributed by atoms with Crippen LogP contribution in [-0.4, -0.2) is 18.5 Å². The molecule has 1 amide bonds. The van der Waals surface area contributed by atoms with Gasteiger partial charge >= 0.3 is 5.97 Å². The Morgan fingerprint density at radius 3 is 2.62 bits per heavy atom. The molecule has 2 aromatic rings. The second kappa shape index (κ2) is 6.85. The standard InChI is InChI=1S/C15H11ClFNO3/c16-11-5-3-4-10(8-11)15(20)21-9-14(19)18-13-7-2-1-6-12(13)17/h1-8H,9H2,(H,18,19). The van der Waals surface area contributed by atoms with Gasteiger partial charge in [0.2, 0.25) is 0 Å². The summed E-state index contributed by atoms with van der Waals surface area (Å²) in [5.41, 5.74) is 0.266. The highest BCUT2D eigenvalue weighted by molar-refractivity contribution is 6.30. The number of nitrogens with one attached hydrogen (secondary N) is 1. The number of hydrogen-bond acceptors (Lipinski definition) is 3. The Morgan fingerprint density at radius 2 is 1.90 bits per heavy atom. The van der Waals surface area contributed by atoms with E-state index in [2.05, 4.69) is 5.32 Å². The molecule has 0 fully saturated rings. The first kappa shape index (κ1) is 15.0. The molecule has 0 aliphatic carbocycles. The number of amides is 1. The molecule has 4 nitrogen and oxygen atoms in total. The van der Waals surface area contributed by atoms with Crippen LogP contribution >= 0.6 is 11.6 Å². The van der Waals surface area contributed by atoms with E-state index in [1.807, 2.05) is 0 Å². The van der Waals surface area contributed by atoms with Crippen molar-refractivity contribution in [3.63, 3.8) is 0 Å². The van der Waals surface area contributed by atoms with Gasteiger partial charge in [0.1, 0.15) is 5.82 Å². The number of carbonyl (C=O) groups excluding carboxylic acids is 2. The van der Waals surface area contributed by atoms with Crippen molar-refractivity contribution in [2.45, 2.75) is 0 Å². The van der Waals surface area contributed by atoms with Gasteiger partial charge in [0.25, 0.3) is 5.91 Å². The molecule has 0 heterocycles. The van der Waals surface area contributed by atoms with Gasteiger partial charge in [0.05, 0.1) is 11.3 Å². The van der Waals surface area contributed by atoms with Gasteiger partial charge in [-0.1, -0.05) is 29.8 Å². The van der Waals surface area contributed by atoms with Crippen molar-refractivity contribution in [2.75, 3.05) is 11.9 Å². The molecular formula is C15H11ClFNO3. The minimum absolute atomic E-state index is 0.0290. The molecule has 2 aromatic carbocycles. The summed E-state index contributed by atoms with van der Waals surface area (Å²) in [6.07, 6.45) is 0. The number of para-hydroxylation sites is 1. The molecule has 0 unspecified atom stereocenters. The number of hydrogen-bond donors (Lipinski definition) is 1. The predicted octanol–water partition coefficient (Wildman–Crippen LogP) is 3.27. The van der Waals surface area contributed by atoms with Crippen LogP contribution in [0.2, 0.25) is 5.02 Å². The fourth-order valence-electron chi connectivity index (χ4n) is 1.58. The van der Waals surface area contributed by atoms with Crippen molar-refractivity contribution >= 4 is 29.2 Å². The molecular weight excluding hydrogens is 297 g/mol. The molecule has 6 heteroatoms. The van der Waals surface area contributed by atoms with E-state index < -0.39 is 24.3 Å². The Hall–Kier alpha value is -2.40. The first-order valence-electron chi connectivity index (χ1n) is 6.03. The molecule has 21 heavy (non-hydrogen) atoms. The van der Waals surface area contributed by atoms with Gasteiger partial charge in [0, 0.05) is 5.02 Å². The first-order valence-corrected chi connectivity index (χ1v) is 6.41. The van der Waals surface area contributed by atoms with Crippen molar-refractivity contribution in [1.29, 1.82) is 0 Å². The second-order valence-electron chi connectivity index (χ2n) is 4.11. The molecule has 2 rings (SSSR count). The van der Waals surface area contributed by atoms with Gasteiger partial charge in [0.15, 0.2) is 6.61 Å². The van der Waals surface area contributed by atoms with Crippen LogP contribution in [0.4, 0.5) is 10.1 Å². The van der Waals surface area contributed by atoms with Crippen molar-refractivity contribution < 1.29 is 18.7 Å². The average Bonchev–Trinajstić information content (AvgIpc) is 2.47. The summed E-state index contributed by atoms with van der Waals surface area (Å²) < 4.78 is 18.1. The van der Waals surface area contributed by atoms with E-state index in [9.17, 15) is 14.0 Å². The number of esters is 1. The highest BCUT2D eigenvalue weighted by Crippen LogP contribution is 2.13. The minimum atomic E-state index is -0.679. The number of anilines is 1. The van der Waals surface area contributed by atoms with Crippen LogP contribution in [0.25, 0.3) is 0 Å². The zero-order valence-corrected chi connectivity index (χ0v) is 11.6. The van der Waals surface area contributed by atoms with E-state index >= 15 is 0 Å². The summed E-state index contributed by atoms with van der Waals surface area (Å²) in [6.45, 7) is -0.514. The summed E-state index contributed by atoms with van der Waals surface area (Å²) in [5, 5.41) is 2.70. The number of ether oxygens (including phenoxy) is 1. The van der Waals surface area contributed by atoms with E-state index in [-0.39, 0.29) is 11.3 Å². The van der Waals surface area contributed by atoms with Crippen molar-refractivity contribution in [2.24, 2.45) is 0 Å². The first-order chi connectivity index (χ1) is 10.1. The third-order valence-electron chi connectivity index (χ3n) is 2.54. The van der Waals surface area contributed by atoms with Crippen LogP contribution in [0, 0.1) is 5.82 Å². The van der Waals surface area contributed by atoms with Crippen LogP contribution in [0.3, 0.4) is 0 Å².